The van der Waals surface area contributed by atoms with Gasteiger partial charge >= 0.3 is 0 Å². The summed E-state index contributed by atoms with van der Waals surface area (Å²) in [4.78, 5) is 14.8. The van der Waals surface area contributed by atoms with E-state index in [1.807, 2.05) is 11.8 Å². The molecule has 0 radical (unpaired) electrons. The Kier molecular flexibility index (Phi) is 3.14. The first-order chi connectivity index (χ1) is 10.4. The molecule has 1 aromatic heterocycles. The summed E-state index contributed by atoms with van der Waals surface area (Å²) in [6.07, 6.45) is 4.97. The Morgan fingerprint density at radius 3 is 2.73 bits per heavy atom. The molecule has 2 bridgehead atoms. The SMILES string of the molecule is Cc1nnc(C(=O)N2CC(C)(C)O[C@@]3(C[C@@H]4CC[C@H]3C4)C2)s1. The van der Waals surface area contributed by atoms with Crippen LogP contribution in [0.3, 0.4) is 0 Å². The average molecular weight is 321 g/mol. The van der Waals surface area contributed by atoms with E-state index in [0.717, 1.165) is 23.9 Å². The van der Waals surface area contributed by atoms with E-state index in [4.69, 9.17) is 4.74 Å². The third kappa shape index (κ3) is 2.27. The van der Waals surface area contributed by atoms with Gasteiger partial charge in [0.25, 0.3) is 5.91 Å². The van der Waals surface area contributed by atoms with Gasteiger partial charge in [0.2, 0.25) is 5.01 Å². The van der Waals surface area contributed by atoms with Crippen LogP contribution in [0.2, 0.25) is 0 Å². The van der Waals surface area contributed by atoms with E-state index < -0.39 is 0 Å². The van der Waals surface area contributed by atoms with Crippen LogP contribution in [0.5, 0.6) is 0 Å². The van der Waals surface area contributed by atoms with E-state index in [-0.39, 0.29) is 17.1 Å². The Morgan fingerprint density at radius 1 is 1.32 bits per heavy atom. The van der Waals surface area contributed by atoms with Crippen LogP contribution in [0.1, 0.15) is 54.3 Å². The molecule has 0 unspecified atom stereocenters. The van der Waals surface area contributed by atoms with Crippen molar-refractivity contribution in [2.45, 2.75) is 57.7 Å². The number of aromatic nitrogens is 2. The predicted octanol–water partition coefficient (Wildman–Crippen LogP) is 2.66. The predicted molar refractivity (Wildman–Crippen MR) is 83.9 cm³/mol. The number of carbonyl (C=O) groups is 1. The number of fused-ring (bicyclic) bond motifs is 3. The maximum absolute atomic E-state index is 12.8. The average Bonchev–Trinajstić information content (AvgIpc) is 3.11. The maximum Gasteiger partial charge on any atom is 0.285 e. The summed E-state index contributed by atoms with van der Waals surface area (Å²) in [5.74, 6) is 1.42. The highest BCUT2D eigenvalue weighted by Gasteiger charge is 2.57. The molecule has 1 aromatic rings. The molecular formula is C16H23N3O2S. The molecule has 3 fully saturated rings. The van der Waals surface area contributed by atoms with Crippen LogP contribution >= 0.6 is 11.3 Å². The molecular weight excluding hydrogens is 298 g/mol. The quantitative estimate of drug-likeness (QED) is 0.798. The highest BCUT2D eigenvalue weighted by atomic mass is 32.1. The van der Waals surface area contributed by atoms with Crippen LogP contribution in [-0.2, 0) is 4.74 Å². The molecule has 4 rings (SSSR count). The molecule has 5 nitrogen and oxygen atoms in total. The molecule has 3 atom stereocenters. The van der Waals surface area contributed by atoms with Crippen molar-refractivity contribution in [3.05, 3.63) is 10.0 Å². The van der Waals surface area contributed by atoms with Gasteiger partial charge in [-0.3, -0.25) is 4.79 Å². The summed E-state index contributed by atoms with van der Waals surface area (Å²) in [7, 11) is 0. The van der Waals surface area contributed by atoms with Crippen molar-refractivity contribution in [1.82, 2.24) is 15.1 Å². The number of amides is 1. The maximum atomic E-state index is 12.8. The van der Waals surface area contributed by atoms with Crippen molar-refractivity contribution in [1.29, 1.82) is 0 Å². The molecule has 120 valence electrons. The molecule has 1 aliphatic heterocycles. The van der Waals surface area contributed by atoms with Crippen molar-refractivity contribution < 1.29 is 9.53 Å². The molecule has 6 heteroatoms. The van der Waals surface area contributed by atoms with Gasteiger partial charge in [0, 0.05) is 6.54 Å². The molecule has 22 heavy (non-hydrogen) atoms. The van der Waals surface area contributed by atoms with Crippen molar-refractivity contribution in [2.24, 2.45) is 11.8 Å². The molecule has 1 saturated heterocycles. The van der Waals surface area contributed by atoms with Crippen LogP contribution in [0.25, 0.3) is 0 Å². The molecule has 1 spiro atoms. The number of carbonyl (C=O) groups excluding carboxylic acids is 1. The van der Waals surface area contributed by atoms with E-state index in [0.29, 0.717) is 17.5 Å². The topological polar surface area (TPSA) is 55.3 Å². The van der Waals surface area contributed by atoms with E-state index >= 15 is 0 Å². The van der Waals surface area contributed by atoms with Gasteiger partial charge in [-0.1, -0.05) is 11.3 Å². The van der Waals surface area contributed by atoms with E-state index in [1.54, 1.807) is 0 Å². The third-order valence-corrected chi connectivity index (χ3v) is 6.25. The lowest BCUT2D eigenvalue weighted by Crippen LogP contribution is -2.62. The van der Waals surface area contributed by atoms with Crippen LogP contribution < -0.4 is 0 Å². The molecule has 2 aliphatic carbocycles. The molecule has 2 saturated carbocycles. The Labute approximate surface area is 135 Å². The van der Waals surface area contributed by atoms with Gasteiger partial charge in [0.15, 0.2) is 0 Å². The number of aryl methyl sites for hydroxylation is 1. The number of hydrogen-bond donors (Lipinski definition) is 0. The third-order valence-electron chi connectivity index (χ3n) is 5.43. The second kappa shape index (κ2) is 4.74. The first-order valence-corrected chi connectivity index (χ1v) is 8.98. The lowest BCUT2D eigenvalue weighted by molar-refractivity contribution is -0.208. The van der Waals surface area contributed by atoms with Gasteiger partial charge in [0.05, 0.1) is 17.7 Å². The van der Waals surface area contributed by atoms with E-state index in [1.165, 1.54) is 30.6 Å². The normalized spacial score (nSPS) is 36.2. The van der Waals surface area contributed by atoms with Gasteiger partial charge in [0.1, 0.15) is 5.01 Å². The molecule has 0 N–H and O–H groups in total. The van der Waals surface area contributed by atoms with Gasteiger partial charge < -0.3 is 9.64 Å². The Morgan fingerprint density at radius 2 is 2.14 bits per heavy atom. The fraction of sp³-hybridized carbons (Fsp3) is 0.812. The van der Waals surface area contributed by atoms with Gasteiger partial charge in [-0.05, 0) is 58.3 Å². The fourth-order valence-electron chi connectivity index (χ4n) is 4.83. The van der Waals surface area contributed by atoms with E-state index in [2.05, 4.69) is 24.0 Å². The van der Waals surface area contributed by atoms with Crippen LogP contribution in [-0.4, -0.2) is 45.3 Å². The minimum Gasteiger partial charge on any atom is -0.365 e. The Hall–Kier alpha value is -1.01. The summed E-state index contributed by atoms with van der Waals surface area (Å²) >= 11 is 1.38. The van der Waals surface area contributed by atoms with E-state index in [9.17, 15) is 4.79 Å². The summed E-state index contributed by atoms with van der Waals surface area (Å²) in [5.41, 5.74) is -0.418. The summed E-state index contributed by atoms with van der Waals surface area (Å²) in [5, 5.41) is 9.37. The first-order valence-electron chi connectivity index (χ1n) is 8.16. The minimum absolute atomic E-state index is 0.0177. The number of morpholine rings is 1. The van der Waals surface area contributed by atoms with Crippen LogP contribution in [0, 0.1) is 18.8 Å². The second-order valence-corrected chi connectivity index (χ2v) is 8.98. The van der Waals surface area contributed by atoms with Crippen molar-refractivity contribution >= 4 is 17.2 Å². The summed E-state index contributed by atoms with van der Waals surface area (Å²) < 4.78 is 6.55. The van der Waals surface area contributed by atoms with Gasteiger partial charge in [-0.2, -0.15) is 0 Å². The fourth-order valence-corrected chi connectivity index (χ4v) is 5.49. The number of nitrogens with zero attached hydrogens (tertiary/aromatic N) is 3. The van der Waals surface area contributed by atoms with Crippen molar-refractivity contribution in [3.8, 4) is 0 Å². The first kappa shape index (κ1) is 14.6. The zero-order chi connectivity index (χ0) is 15.5. The summed E-state index contributed by atoms with van der Waals surface area (Å²) in [6.45, 7) is 7.44. The Balaban J connectivity index is 1.62. The number of rotatable bonds is 1. The van der Waals surface area contributed by atoms with Gasteiger partial charge in [-0.25, -0.2) is 0 Å². The summed E-state index contributed by atoms with van der Waals surface area (Å²) in [6, 6.07) is 0. The molecule has 2 heterocycles. The molecule has 0 aromatic carbocycles. The highest BCUT2D eigenvalue weighted by Crippen LogP contribution is 2.55. The number of hydrogen-bond acceptors (Lipinski definition) is 5. The standard InChI is InChI=1S/C16H23N3O2S/c1-10-17-18-13(22-10)14(20)19-8-15(2,3)21-16(9-19)7-11-4-5-12(16)6-11/h11-12H,4-9H2,1-3H3/t11-,12+,16+/m1/s1. The monoisotopic (exact) mass is 321 g/mol. The smallest absolute Gasteiger partial charge is 0.285 e. The lowest BCUT2D eigenvalue weighted by atomic mass is 9.81. The molecule has 1 amide bonds. The zero-order valence-corrected chi connectivity index (χ0v) is 14.3. The number of ether oxygens (including phenoxy) is 1. The van der Waals surface area contributed by atoms with Crippen LogP contribution in [0.4, 0.5) is 0 Å². The molecule has 3 aliphatic rings. The largest absolute Gasteiger partial charge is 0.365 e. The van der Waals surface area contributed by atoms with Gasteiger partial charge in [-0.15, -0.1) is 10.2 Å². The Bertz CT molecular complexity index is 614. The van der Waals surface area contributed by atoms with Crippen molar-refractivity contribution in [2.75, 3.05) is 13.1 Å². The lowest BCUT2D eigenvalue weighted by Gasteiger charge is -2.52. The van der Waals surface area contributed by atoms with Crippen LogP contribution in [0.15, 0.2) is 0 Å². The minimum atomic E-state index is -0.294. The highest BCUT2D eigenvalue weighted by molar-refractivity contribution is 7.13. The zero-order valence-electron chi connectivity index (χ0n) is 13.5. The van der Waals surface area contributed by atoms with Crippen molar-refractivity contribution in [3.63, 3.8) is 0 Å². The second-order valence-electron chi connectivity index (χ2n) is 7.79.